The molecule has 0 bridgehead atoms. The van der Waals surface area contributed by atoms with Crippen LogP contribution >= 0.6 is 0 Å². The van der Waals surface area contributed by atoms with E-state index in [1.807, 2.05) is 13.0 Å². The third-order valence-corrected chi connectivity index (χ3v) is 6.79. The molecule has 0 unspecified atom stereocenters. The number of nitrogens with zero attached hydrogens (tertiary/aromatic N) is 2. The van der Waals surface area contributed by atoms with E-state index >= 15 is 0 Å². The van der Waals surface area contributed by atoms with Gasteiger partial charge in [-0.25, -0.2) is 4.39 Å². The summed E-state index contributed by atoms with van der Waals surface area (Å²) < 4.78 is 24.6. The highest BCUT2D eigenvalue weighted by atomic mass is 19.1. The average molecular weight is 469 g/mol. The number of halogens is 1. The first-order chi connectivity index (χ1) is 16.5. The molecule has 4 rings (SSSR count). The van der Waals surface area contributed by atoms with Crippen molar-refractivity contribution in [2.24, 2.45) is 0 Å². The third kappa shape index (κ3) is 5.18. The molecule has 34 heavy (non-hydrogen) atoms. The van der Waals surface area contributed by atoms with E-state index in [0.717, 1.165) is 31.2 Å². The van der Waals surface area contributed by atoms with Gasteiger partial charge in [-0.2, -0.15) is 0 Å². The van der Waals surface area contributed by atoms with Gasteiger partial charge in [-0.15, -0.1) is 0 Å². The predicted octanol–water partition coefficient (Wildman–Crippen LogP) is 4.87. The molecule has 6 nitrogen and oxygen atoms in total. The molecule has 0 spiro atoms. The van der Waals surface area contributed by atoms with Crippen LogP contribution in [0.25, 0.3) is 0 Å². The molecular formula is C27H33FN2O4. The first-order valence-electron chi connectivity index (χ1n) is 12.2. The van der Waals surface area contributed by atoms with Gasteiger partial charge in [-0.3, -0.25) is 9.59 Å². The summed E-state index contributed by atoms with van der Waals surface area (Å²) >= 11 is 0. The molecule has 2 aromatic rings. The van der Waals surface area contributed by atoms with Crippen LogP contribution in [0.4, 0.5) is 4.39 Å². The van der Waals surface area contributed by atoms with Crippen molar-refractivity contribution in [1.82, 2.24) is 9.80 Å². The molecule has 1 saturated carbocycles. The maximum atomic E-state index is 13.9. The minimum Gasteiger partial charge on any atom is -0.493 e. The van der Waals surface area contributed by atoms with Gasteiger partial charge in [0.15, 0.2) is 11.5 Å². The Balaban J connectivity index is 1.71. The second-order valence-corrected chi connectivity index (χ2v) is 9.01. The first kappa shape index (κ1) is 24.0. The normalized spacial score (nSPS) is 19.8. The van der Waals surface area contributed by atoms with Crippen LogP contribution in [0, 0.1) is 5.82 Å². The highest BCUT2D eigenvalue weighted by molar-refractivity contribution is 5.96. The Kier molecular flexibility index (Phi) is 7.70. The number of hydrogen-bond acceptors (Lipinski definition) is 4. The maximum Gasteiger partial charge on any atom is 0.250 e. The van der Waals surface area contributed by atoms with E-state index in [1.165, 1.54) is 25.0 Å². The number of methoxy groups -OCH3 is 1. The average Bonchev–Trinajstić information content (AvgIpc) is 3.13. The van der Waals surface area contributed by atoms with Gasteiger partial charge in [-0.05, 0) is 55.2 Å². The van der Waals surface area contributed by atoms with Crippen LogP contribution in [0.1, 0.15) is 62.6 Å². The number of rotatable bonds is 7. The van der Waals surface area contributed by atoms with Gasteiger partial charge in [0.1, 0.15) is 18.4 Å². The van der Waals surface area contributed by atoms with Gasteiger partial charge in [0, 0.05) is 12.6 Å². The van der Waals surface area contributed by atoms with Crippen molar-refractivity contribution in [1.29, 1.82) is 0 Å². The highest BCUT2D eigenvalue weighted by Gasteiger charge is 2.43. The van der Waals surface area contributed by atoms with Crippen LogP contribution in [0.5, 0.6) is 11.5 Å². The van der Waals surface area contributed by atoms with E-state index in [-0.39, 0.29) is 36.8 Å². The fourth-order valence-corrected chi connectivity index (χ4v) is 5.04. The predicted molar refractivity (Wildman–Crippen MR) is 127 cm³/mol. The Bertz CT molecular complexity index is 1000. The molecule has 2 aromatic carbocycles. The van der Waals surface area contributed by atoms with E-state index < -0.39 is 6.04 Å². The lowest BCUT2D eigenvalue weighted by Gasteiger charge is -2.43. The quantitative estimate of drug-likeness (QED) is 0.544. The van der Waals surface area contributed by atoms with Gasteiger partial charge in [0.2, 0.25) is 5.91 Å². The van der Waals surface area contributed by atoms with E-state index in [2.05, 4.69) is 0 Å². The Morgan fingerprint density at radius 2 is 1.68 bits per heavy atom. The first-order valence-corrected chi connectivity index (χ1v) is 12.2. The van der Waals surface area contributed by atoms with E-state index in [0.29, 0.717) is 23.7 Å². The summed E-state index contributed by atoms with van der Waals surface area (Å²) in [6, 6.07) is 10.8. The van der Waals surface area contributed by atoms with Gasteiger partial charge in [0.05, 0.1) is 13.7 Å². The zero-order valence-electron chi connectivity index (χ0n) is 20.0. The molecule has 2 fully saturated rings. The minimum absolute atomic E-state index is 0.0696. The number of piperazine rings is 1. The Morgan fingerprint density at radius 1 is 0.971 bits per heavy atom. The van der Waals surface area contributed by atoms with Gasteiger partial charge < -0.3 is 19.3 Å². The number of carbonyl (C=O) groups is 2. The molecule has 2 amide bonds. The van der Waals surface area contributed by atoms with Gasteiger partial charge in [0.25, 0.3) is 5.91 Å². The summed E-state index contributed by atoms with van der Waals surface area (Å²) in [5, 5.41) is 0. The number of hydrogen-bond donors (Lipinski definition) is 0. The van der Waals surface area contributed by atoms with Crippen LogP contribution in [-0.4, -0.2) is 47.9 Å². The van der Waals surface area contributed by atoms with Gasteiger partial charge >= 0.3 is 0 Å². The van der Waals surface area contributed by atoms with Crippen molar-refractivity contribution in [3.05, 3.63) is 59.4 Å². The van der Waals surface area contributed by atoms with Crippen LogP contribution in [0.3, 0.4) is 0 Å². The molecule has 1 heterocycles. The lowest BCUT2D eigenvalue weighted by atomic mass is 9.96. The smallest absolute Gasteiger partial charge is 0.250 e. The molecule has 0 radical (unpaired) electrons. The summed E-state index contributed by atoms with van der Waals surface area (Å²) in [5.74, 6) is 0.602. The van der Waals surface area contributed by atoms with Crippen LogP contribution < -0.4 is 9.47 Å². The summed E-state index contributed by atoms with van der Waals surface area (Å²) in [6.45, 7) is 2.69. The van der Waals surface area contributed by atoms with E-state index in [1.54, 1.807) is 41.2 Å². The molecule has 1 atom stereocenters. The Hall–Kier alpha value is -3.09. The fourth-order valence-electron chi connectivity index (χ4n) is 5.04. The van der Waals surface area contributed by atoms with Crippen LogP contribution in [0.15, 0.2) is 42.5 Å². The van der Waals surface area contributed by atoms with E-state index in [4.69, 9.17) is 9.47 Å². The highest BCUT2D eigenvalue weighted by Crippen LogP contribution is 2.37. The van der Waals surface area contributed by atoms with Crippen molar-refractivity contribution in [2.75, 3.05) is 20.3 Å². The lowest BCUT2D eigenvalue weighted by molar-refractivity contribution is -0.159. The largest absolute Gasteiger partial charge is 0.493 e. The molecule has 1 saturated heterocycles. The molecule has 7 heteroatoms. The van der Waals surface area contributed by atoms with Crippen molar-refractivity contribution in [3.8, 4) is 11.5 Å². The topological polar surface area (TPSA) is 59.1 Å². The zero-order chi connectivity index (χ0) is 24.1. The van der Waals surface area contributed by atoms with Gasteiger partial charge in [-0.1, -0.05) is 43.9 Å². The van der Waals surface area contributed by atoms with Crippen LogP contribution in [-0.2, 0) is 16.1 Å². The monoisotopic (exact) mass is 468 g/mol. The second kappa shape index (κ2) is 10.9. The summed E-state index contributed by atoms with van der Waals surface area (Å²) in [6.07, 6.45) is 6.34. The lowest BCUT2D eigenvalue weighted by Crippen LogP contribution is -2.57. The maximum absolute atomic E-state index is 13.9. The molecule has 2 aliphatic rings. The Labute approximate surface area is 200 Å². The number of amides is 2. The molecule has 0 N–H and O–H groups in total. The van der Waals surface area contributed by atoms with Crippen molar-refractivity contribution >= 4 is 11.8 Å². The Morgan fingerprint density at radius 3 is 2.32 bits per heavy atom. The molecule has 0 aromatic heterocycles. The van der Waals surface area contributed by atoms with Crippen molar-refractivity contribution in [2.45, 2.75) is 64.1 Å². The second-order valence-electron chi connectivity index (χ2n) is 9.01. The number of ether oxygens (including phenoxy) is 2. The zero-order valence-corrected chi connectivity index (χ0v) is 20.0. The van der Waals surface area contributed by atoms with E-state index in [9.17, 15) is 14.0 Å². The molecular weight excluding hydrogens is 435 g/mol. The third-order valence-electron chi connectivity index (χ3n) is 6.79. The van der Waals surface area contributed by atoms with Crippen molar-refractivity contribution < 1.29 is 23.5 Å². The molecule has 1 aliphatic carbocycles. The minimum atomic E-state index is -0.779. The number of benzene rings is 2. The summed E-state index contributed by atoms with van der Waals surface area (Å²) in [7, 11) is 1.56. The van der Waals surface area contributed by atoms with Crippen LogP contribution in [0.2, 0.25) is 0 Å². The number of carbonyl (C=O) groups excluding carboxylic acids is 2. The van der Waals surface area contributed by atoms with Crippen molar-refractivity contribution in [3.63, 3.8) is 0 Å². The fraction of sp³-hybridized carbons (Fsp3) is 0.481. The molecule has 1 aliphatic heterocycles. The standard InChI is InChI=1S/C27H33FN2O4/c1-3-34-23-15-12-20(16-24(23)33-2)26-27(32)29(22-8-6-4-5-7-9-22)18-25(31)30(26)17-19-10-13-21(28)14-11-19/h10-16,22,26H,3-9,17-18H2,1-2H3/t26-/m1/s1. The summed E-state index contributed by atoms with van der Waals surface area (Å²) in [5.41, 5.74) is 1.45. The molecule has 182 valence electrons. The SMILES string of the molecule is CCOc1ccc([C@@H]2C(=O)N(C3CCCCCC3)CC(=O)N2Cc2ccc(F)cc2)cc1OC. The summed E-state index contributed by atoms with van der Waals surface area (Å²) in [4.78, 5) is 30.8.